The van der Waals surface area contributed by atoms with Crippen molar-refractivity contribution in [3.8, 4) is 0 Å². The number of halogens is 1. The van der Waals surface area contributed by atoms with Crippen LogP contribution in [0.15, 0.2) is 29.1 Å². The van der Waals surface area contributed by atoms with Gasteiger partial charge in [-0.25, -0.2) is 10.6 Å². The molecule has 0 saturated carbocycles. The van der Waals surface area contributed by atoms with Crippen LogP contribution < -0.4 is 21.9 Å². The van der Waals surface area contributed by atoms with Crippen molar-refractivity contribution in [2.45, 2.75) is 6.92 Å². The number of carbonyl (C=O) groups is 1. The lowest BCUT2D eigenvalue weighted by molar-refractivity contribution is 0.102. The number of aromatic amines is 1. The molecule has 0 aliphatic carbocycles. The number of aliphatic hydroxyl groups excluding tert-OH is 1. The number of H-pyrrole nitrogens is 1. The van der Waals surface area contributed by atoms with Gasteiger partial charge in [-0.2, -0.15) is 4.98 Å². The molecular weight excluding hydrogens is 322 g/mol. The van der Waals surface area contributed by atoms with E-state index in [-0.39, 0.29) is 24.5 Å². The van der Waals surface area contributed by atoms with E-state index in [0.717, 1.165) is 5.01 Å². The van der Waals surface area contributed by atoms with E-state index in [0.29, 0.717) is 16.4 Å². The van der Waals surface area contributed by atoms with Gasteiger partial charge in [0.1, 0.15) is 5.56 Å². The average molecular weight is 338 g/mol. The zero-order chi connectivity index (χ0) is 17.0. The van der Waals surface area contributed by atoms with Gasteiger partial charge in [0, 0.05) is 16.4 Å². The molecule has 0 unspecified atom stereocenters. The lowest BCUT2D eigenvalue weighted by Gasteiger charge is -2.20. The van der Waals surface area contributed by atoms with E-state index in [9.17, 15) is 9.59 Å². The number of aromatic nitrogens is 2. The Morgan fingerprint density at radius 1 is 1.43 bits per heavy atom. The van der Waals surface area contributed by atoms with Crippen molar-refractivity contribution in [1.82, 2.24) is 9.97 Å². The Kier molecular flexibility index (Phi) is 5.32. The Morgan fingerprint density at radius 3 is 2.70 bits per heavy atom. The van der Waals surface area contributed by atoms with Gasteiger partial charge >= 0.3 is 5.69 Å². The minimum atomic E-state index is -0.631. The van der Waals surface area contributed by atoms with E-state index in [1.165, 1.54) is 0 Å². The lowest BCUT2D eigenvalue weighted by atomic mass is 10.2. The maximum absolute atomic E-state index is 12.5. The summed E-state index contributed by atoms with van der Waals surface area (Å²) < 4.78 is 0. The highest BCUT2D eigenvalue weighted by molar-refractivity contribution is 6.30. The molecule has 0 fully saturated rings. The summed E-state index contributed by atoms with van der Waals surface area (Å²) in [6.45, 7) is 1.34. The van der Waals surface area contributed by atoms with Crippen molar-refractivity contribution in [2.24, 2.45) is 5.84 Å². The van der Waals surface area contributed by atoms with Crippen LogP contribution >= 0.6 is 11.6 Å². The molecule has 0 bridgehead atoms. The van der Waals surface area contributed by atoms with E-state index in [4.69, 9.17) is 22.6 Å². The highest BCUT2D eigenvalue weighted by Gasteiger charge is 2.20. The number of hydrazine groups is 1. The van der Waals surface area contributed by atoms with E-state index < -0.39 is 11.6 Å². The van der Waals surface area contributed by atoms with Gasteiger partial charge in [0.15, 0.2) is 5.82 Å². The fraction of sp³-hybridized carbons (Fsp3) is 0.214. The van der Waals surface area contributed by atoms with E-state index in [1.54, 1.807) is 31.2 Å². The van der Waals surface area contributed by atoms with Crippen LogP contribution in [0.1, 0.15) is 16.1 Å². The summed E-state index contributed by atoms with van der Waals surface area (Å²) in [7, 11) is 0. The minimum absolute atomic E-state index is 0.00763. The molecule has 2 rings (SSSR count). The number of aliphatic hydroxyl groups is 1. The van der Waals surface area contributed by atoms with Crippen molar-refractivity contribution in [3.05, 3.63) is 51.0 Å². The van der Waals surface area contributed by atoms with Gasteiger partial charge < -0.3 is 15.4 Å². The molecule has 0 radical (unpaired) electrons. The van der Waals surface area contributed by atoms with Crippen LogP contribution in [-0.4, -0.2) is 34.1 Å². The summed E-state index contributed by atoms with van der Waals surface area (Å²) in [5, 5.41) is 13.3. The third-order valence-corrected chi connectivity index (χ3v) is 3.29. The first-order valence-corrected chi connectivity index (χ1v) is 7.11. The summed E-state index contributed by atoms with van der Waals surface area (Å²) in [5.41, 5.74) is 0.339. The minimum Gasteiger partial charge on any atom is -0.394 e. The fourth-order valence-electron chi connectivity index (χ4n) is 1.99. The van der Waals surface area contributed by atoms with Crippen LogP contribution in [-0.2, 0) is 0 Å². The quantitative estimate of drug-likeness (QED) is 0.469. The molecule has 9 heteroatoms. The molecule has 1 heterocycles. The number of amides is 1. The molecule has 122 valence electrons. The van der Waals surface area contributed by atoms with Gasteiger partial charge in [-0.05, 0) is 31.2 Å². The van der Waals surface area contributed by atoms with Gasteiger partial charge in [0.2, 0.25) is 0 Å². The predicted molar refractivity (Wildman–Crippen MR) is 87.6 cm³/mol. The Bertz CT molecular complexity index is 760. The Hall–Kier alpha value is -2.42. The molecule has 0 aliphatic heterocycles. The number of aryl methyl sites for hydroxylation is 1. The van der Waals surface area contributed by atoms with Gasteiger partial charge in [0.25, 0.3) is 5.91 Å². The maximum atomic E-state index is 12.5. The molecule has 0 saturated heterocycles. The highest BCUT2D eigenvalue weighted by Crippen LogP contribution is 2.19. The van der Waals surface area contributed by atoms with Gasteiger partial charge in [0.05, 0.1) is 13.2 Å². The Morgan fingerprint density at radius 2 is 2.09 bits per heavy atom. The third kappa shape index (κ3) is 4.07. The van der Waals surface area contributed by atoms with E-state index >= 15 is 0 Å². The van der Waals surface area contributed by atoms with Crippen molar-refractivity contribution in [2.75, 3.05) is 23.5 Å². The summed E-state index contributed by atoms with van der Waals surface area (Å²) in [4.78, 5) is 30.2. The number of nitrogens with two attached hydrogens (primary N) is 1. The topological polar surface area (TPSA) is 124 Å². The molecule has 1 amide bonds. The number of nitrogens with one attached hydrogen (secondary N) is 2. The first-order chi connectivity index (χ1) is 10.9. The second-order valence-electron chi connectivity index (χ2n) is 4.74. The van der Waals surface area contributed by atoms with Crippen LogP contribution in [0.25, 0.3) is 0 Å². The fourth-order valence-corrected chi connectivity index (χ4v) is 2.12. The van der Waals surface area contributed by atoms with Gasteiger partial charge in [-0.1, -0.05) is 11.6 Å². The summed E-state index contributed by atoms with van der Waals surface area (Å²) in [5.74, 6) is 5.26. The van der Waals surface area contributed by atoms with Crippen LogP contribution in [0.4, 0.5) is 11.5 Å². The van der Waals surface area contributed by atoms with Crippen LogP contribution in [0.5, 0.6) is 0 Å². The summed E-state index contributed by atoms with van der Waals surface area (Å²) in [6.07, 6.45) is 0. The summed E-state index contributed by atoms with van der Waals surface area (Å²) in [6, 6.07) is 6.55. The van der Waals surface area contributed by atoms with Gasteiger partial charge in [-0.3, -0.25) is 9.80 Å². The first-order valence-electron chi connectivity index (χ1n) is 6.73. The number of hydrogen-bond acceptors (Lipinski definition) is 6. The second-order valence-corrected chi connectivity index (χ2v) is 5.18. The largest absolute Gasteiger partial charge is 0.394 e. The highest BCUT2D eigenvalue weighted by atomic mass is 35.5. The van der Waals surface area contributed by atoms with E-state index in [2.05, 4.69) is 15.3 Å². The van der Waals surface area contributed by atoms with Crippen molar-refractivity contribution in [1.29, 1.82) is 0 Å². The molecule has 2 aromatic rings. The van der Waals surface area contributed by atoms with Crippen LogP contribution in [0, 0.1) is 6.92 Å². The molecule has 0 aliphatic rings. The number of carbonyl (C=O) groups excluding carboxylic acids is 1. The molecule has 1 aromatic heterocycles. The smallest absolute Gasteiger partial charge is 0.347 e. The molecular formula is C14H16ClN5O3. The standard InChI is InChI=1S/C14H16ClN5O3/c1-8-11(12(19-14(23)17-8)20(16)6-7-21)13(22)18-10-4-2-9(15)3-5-10/h2-5,21H,6-7,16H2,1H3,(H,18,22)(H,17,19,23). The lowest BCUT2D eigenvalue weighted by Crippen LogP contribution is -2.38. The maximum Gasteiger partial charge on any atom is 0.347 e. The van der Waals surface area contributed by atoms with Crippen LogP contribution in [0.2, 0.25) is 5.02 Å². The number of benzene rings is 1. The molecule has 8 nitrogen and oxygen atoms in total. The molecule has 0 atom stereocenters. The SMILES string of the molecule is Cc1[nH]c(=O)nc(N(N)CCO)c1C(=O)Nc1ccc(Cl)cc1. The van der Waals surface area contributed by atoms with E-state index in [1.807, 2.05) is 0 Å². The predicted octanol–water partition coefficient (Wildman–Crippen LogP) is 0.656. The normalized spacial score (nSPS) is 10.4. The van der Waals surface area contributed by atoms with Crippen molar-refractivity contribution >= 4 is 29.0 Å². The first kappa shape index (κ1) is 16.9. The Labute approximate surface area is 136 Å². The molecule has 23 heavy (non-hydrogen) atoms. The summed E-state index contributed by atoms with van der Waals surface area (Å²) >= 11 is 5.80. The zero-order valence-electron chi connectivity index (χ0n) is 12.3. The van der Waals surface area contributed by atoms with Crippen molar-refractivity contribution in [3.63, 3.8) is 0 Å². The third-order valence-electron chi connectivity index (χ3n) is 3.04. The molecule has 5 N–H and O–H groups in total. The number of anilines is 2. The Balaban J connectivity index is 2.38. The monoisotopic (exact) mass is 337 g/mol. The van der Waals surface area contributed by atoms with Crippen molar-refractivity contribution < 1.29 is 9.90 Å². The van der Waals surface area contributed by atoms with Crippen LogP contribution in [0.3, 0.4) is 0 Å². The molecule has 1 aromatic carbocycles. The number of hydrogen-bond donors (Lipinski definition) is 4. The molecule has 0 spiro atoms. The zero-order valence-corrected chi connectivity index (χ0v) is 13.1. The van der Waals surface area contributed by atoms with Gasteiger partial charge in [-0.15, -0.1) is 0 Å². The average Bonchev–Trinajstić information content (AvgIpc) is 2.49. The number of rotatable bonds is 5. The second kappa shape index (κ2) is 7.23. The number of nitrogens with zero attached hydrogens (tertiary/aromatic N) is 2.